The van der Waals surface area contributed by atoms with E-state index in [9.17, 15) is 29.7 Å². The second-order valence-corrected chi connectivity index (χ2v) is 7.24. The van der Waals surface area contributed by atoms with Crippen LogP contribution in [-0.2, 0) is 20.9 Å². The summed E-state index contributed by atoms with van der Waals surface area (Å²) in [6.07, 6.45) is 1.07. The molecule has 1 aliphatic rings. The second kappa shape index (κ2) is 10.7. The Labute approximate surface area is 180 Å². The number of ether oxygens (including phenoxy) is 2. The Morgan fingerprint density at radius 3 is 2.61 bits per heavy atom. The van der Waals surface area contributed by atoms with Gasteiger partial charge in [0.15, 0.2) is 5.78 Å². The van der Waals surface area contributed by atoms with Crippen molar-refractivity contribution < 1.29 is 39.2 Å². The van der Waals surface area contributed by atoms with Gasteiger partial charge in [0.2, 0.25) is 0 Å². The molecule has 1 aromatic rings. The zero-order valence-corrected chi connectivity index (χ0v) is 17.6. The highest BCUT2D eigenvalue weighted by Crippen LogP contribution is 2.29. The van der Waals surface area contributed by atoms with E-state index in [1.165, 1.54) is 37.4 Å². The molecule has 4 atom stereocenters. The topological polar surface area (TPSA) is 142 Å². The minimum Gasteiger partial charge on any atom is -0.507 e. The number of carbonyl (C=O) groups excluding carboxylic acids is 3. The van der Waals surface area contributed by atoms with Crippen molar-refractivity contribution in [2.75, 3.05) is 7.05 Å². The molecule has 31 heavy (non-hydrogen) atoms. The molecule has 0 bridgehead atoms. The van der Waals surface area contributed by atoms with Gasteiger partial charge < -0.3 is 30.1 Å². The molecule has 0 spiro atoms. The molecule has 0 radical (unpaired) electrons. The number of aliphatic hydroxyl groups is 2. The Balaban J connectivity index is 2.52. The van der Waals surface area contributed by atoms with Gasteiger partial charge in [0.1, 0.15) is 30.1 Å². The zero-order valence-electron chi connectivity index (χ0n) is 17.6. The number of esters is 1. The average molecular weight is 433 g/mol. The van der Waals surface area contributed by atoms with Crippen LogP contribution < -0.4 is 5.32 Å². The predicted octanol–water partition coefficient (Wildman–Crippen LogP) is 1.69. The van der Waals surface area contributed by atoms with E-state index >= 15 is 0 Å². The largest absolute Gasteiger partial charge is 0.507 e. The molecule has 9 heteroatoms. The van der Waals surface area contributed by atoms with Crippen LogP contribution in [0.15, 0.2) is 30.4 Å². The Morgan fingerprint density at radius 2 is 1.94 bits per heavy atom. The minimum atomic E-state index is -1.62. The summed E-state index contributed by atoms with van der Waals surface area (Å²) in [5.41, 5.74) is 0.512. The van der Waals surface area contributed by atoms with Crippen LogP contribution in [0.1, 0.15) is 41.8 Å². The monoisotopic (exact) mass is 433 g/mol. The van der Waals surface area contributed by atoms with E-state index in [-0.39, 0.29) is 35.8 Å². The number of aliphatic hydroxyl groups excluding tert-OH is 2. The molecule has 0 saturated carbocycles. The smallest absolute Gasteiger partial charge is 0.407 e. The van der Waals surface area contributed by atoms with Crippen LogP contribution in [0.5, 0.6) is 5.75 Å². The third-order valence-electron chi connectivity index (χ3n) is 5.00. The normalized spacial score (nSPS) is 26.7. The number of hydrogen-bond donors (Lipinski definition) is 4. The van der Waals surface area contributed by atoms with Crippen molar-refractivity contribution in [3.63, 3.8) is 0 Å². The first-order valence-electron chi connectivity index (χ1n) is 9.80. The maximum absolute atomic E-state index is 12.9. The van der Waals surface area contributed by atoms with Crippen LogP contribution in [0.3, 0.4) is 0 Å². The van der Waals surface area contributed by atoms with Gasteiger partial charge in [-0.05, 0) is 36.6 Å². The van der Waals surface area contributed by atoms with Crippen molar-refractivity contribution in [3.05, 3.63) is 47.1 Å². The fourth-order valence-corrected chi connectivity index (χ4v) is 2.88. The molecule has 0 unspecified atom stereocenters. The van der Waals surface area contributed by atoms with Crippen LogP contribution in [0.25, 0.3) is 6.08 Å². The quantitative estimate of drug-likeness (QED) is 0.516. The number of phenolic OH excluding ortho intramolecular Hbond substituents is 1. The summed E-state index contributed by atoms with van der Waals surface area (Å²) in [6, 6.07) is 2.78. The number of ketones is 1. The number of nitrogens with one attached hydrogen (secondary N) is 1. The number of benzene rings is 1. The maximum Gasteiger partial charge on any atom is 0.407 e. The first-order chi connectivity index (χ1) is 14.6. The van der Waals surface area contributed by atoms with Gasteiger partial charge in [0, 0.05) is 13.0 Å². The lowest BCUT2D eigenvalue weighted by molar-refractivity contribution is -0.127. The van der Waals surface area contributed by atoms with Gasteiger partial charge in [0.05, 0.1) is 6.10 Å². The molecule has 1 aliphatic heterocycles. The second-order valence-electron chi connectivity index (χ2n) is 7.24. The highest BCUT2D eigenvalue weighted by molar-refractivity contribution is 5.97. The molecule has 4 N–H and O–H groups in total. The van der Waals surface area contributed by atoms with E-state index in [2.05, 4.69) is 5.32 Å². The summed E-state index contributed by atoms with van der Waals surface area (Å²) >= 11 is 0. The number of alkyl carbamates (subject to hydrolysis) is 1. The highest BCUT2D eigenvalue weighted by atomic mass is 16.6. The van der Waals surface area contributed by atoms with Crippen LogP contribution in [0, 0.1) is 5.92 Å². The lowest BCUT2D eigenvalue weighted by Gasteiger charge is -2.21. The maximum atomic E-state index is 12.9. The SMILES string of the molecule is CNC(=O)OCc1ccc(O)c2c1/C=C/C[C@H](O)[C@H](O)C(=O)/C=C\[C@@H](C)[C@H](C)OC2=O. The van der Waals surface area contributed by atoms with Crippen molar-refractivity contribution in [3.8, 4) is 5.75 Å². The van der Waals surface area contributed by atoms with Gasteiger partial charge in [-0.25, -0.2) is 9.59 Å². The summed E-state index contributed by atoms with van der Waals surface area (Å²) < 4.78 is 10.5. The minimum absolute atomic E-state index is 0.105. The number of amides is 1. The molecule has 0 fully saturated rings. The molecule has 1 aromatic carbocycles. The Bertz CT molecular complexity index is 892. The number of rotatable bonds is 2. The molecule has 1 amide bonds. The van der Waals surface area contributed by atoms with E-state index in [0.29, 0.717) is 5.56 Å². The van der Waals surface area contributed by atoms with Crippen molar-refractivity contribution in [1.29, 1.82) is 0 Å². The third-order valence-corrected chi connectivity index (χ3v) is 5.00. The number of fused-ring (bicyclic) bond motifs is 1. The van der Waals surface area contributed by atoms with Crippen molar-refractivity contribution in [2.24, 2.45) is 5.92 Å². The molecular weight excluding hydrogens is 406 g/mol. The fourth-order valence-electron chi connectivity index (χ4n) is 2.88. The van der Waals surface area contributed by atoms with Gasteiger partial charge in [-0.15, -0.1) is 0 Å². The molecular formula is C22H27NO8. The van der Waals surface area contributed by atoms with Crippen molar-refractivity contribution in [2.45, 2.75) is 45.2 Å². The third kappa shape index (κ3) is 6.16. The fraction of sp³-hybridized carbons (Fsp3) is 0.409. The lowest BCUT2D eigenvalue weighted by Crippen LogP contribution is -2.32. The van der Waals surface area contributed by atoms with Crippen molar-refractivity contribution in [1.82, 2.24) is 5.32 Å². The van der Waals surface area contributed by atoms with E-state index in [0.717, 1.165) is 6.08 Å². The van der Waals surface area contributed by atoms with Crippen LogP contribution in [0.4, 0.5) is 4.79 Å². The molecule has 0 aliphatic carbocycles. The van der Waals surface area contributed by atoms with Crippen LogP contribution in [0.2, 0.25) is 0 Å². The van der Waals surface area contributed by atoms with Gasteiger partial charge in [0.25, 0.3) is 0 Å². The standard InChI is InChI=1S/C22H27NO8/c1-12-7-9-18(26)20(27)17(25)6-4-5-15-14(11-30-22(29)23-3)8-10-16(24)19(15)21(28)31-13(12)2/h4-5,7-10,12-13,17,20,24-25,27H,6,11H2,1-3H3,(H,23,29)/b5-4+,9-7-/t12-,13+,17+,20+/m1/s1. The van der Waals surface area contributed by atoms with E-state index in [1.807, 2.05) is 0 Å². The Kier molecular flexibility index (Phi) is 8.35. The summed E-state index contributed by atoms with van der Waals surface area (Å²) in [4.78, 5) is 36.4. The highest BCUT2D eigenvalue weighted by Gasteiger charge is 2.26. The summed E-state index contributed by atoms with van der Waals surface area (Å²) in [5.74, 6) is -2.18. The molecule has 0 aromatic heterocycles. The van der Waals surface area contributed by atoms with Crippen LogP contribution >= 0.6 is 0 Å². The molecule has 2 rings (SSSR count). The zero-order chi connectivity index (χ0) is 23.1. The van der Waals surface area contributed by atoms with Gasteiger partial charge in [-0.2, -0.15) is 0 Å². The lowest BCUT2D eigenvalue weighted by atomic mass is 9.97. The molecule has 0 saturated heterocycles. The Morgan fingerprint density at radius 1 is 1.23 bits per heavy atom. The summed E-state index contributed by atoms with van der Waals surface area (Å²) in [5, 5.41) is 32.8. The summed E-state index contributed by atoms with van der Waals surface area (Å²) in [6.45, 7) is 3.14. The first-order valence-corrected chi connectivity index (χ1v) is 9.80. The van der Waals surface area contributed by atoms with Crippen LogP contribution in [-0.4, -0.2) is 58.5 Å². The van der Waals surface area contributed by atoms with Gasteiger partial charge in [-0.1, -0.05) is 31.2 Å². The van der Waals surface area contributed by atoms with Crippen molar-refractivity contribution >= 4 is 23.9 Å². The molecule has 168 valence electrons. The first kappa shape index (κ1) is 24.1. The van der Waals surface area contributed by atoms with E-state index in [4.69, 9.17) is 9.47 Å². The Hall–Kier alpha value is -3.17. The van der Waals surface area contributed by atoms with Gasteiger partial charge >= 0.3 is 12.1 Å². The number of phenols is 1. The van der Waals surface area contributed by atoms with E-state index in [1.54, 1.807) is 13.8 Å². The van der Waals surface area contributed by atoms with Gasteiger partial charge in [-0.3, -0.25) is 4.79 Å². The number of carbonyl (C=O) groups is 3. The average Bonchev–Trinajstić information content (AvgIpc) is 2.74. The van der Waals surface area contributed by atoms with E-state index < -0.39 is 36.2 Å². The number of hydrogen-bond acceptors (Lipinski definition) is 8. The molecule has 1 heterocycles. The molecule has 9 nitrogen and oxygen atoms in total. The predicted molar refractivity (Wildman–Crippen MR) is 111 cm³/mol. The number of cyclic esters (lactones) is 1. The summed E-state index contributed by atoms with van der Waals surface area (Å²) in [7, 11) is 1.40. The number of aromatic hydroxyl groups is 1.